The van der Waals surface area contributed by atoms with E-state index in [1.807, 2.05) is 6.07 Å². The van der Waals surface area contributed by atoms with E-state index in [-0.39, 0.29) is 23.4 Å². The van der Waals surface area contributed by atoms with Gasteiger partial charge in [0.15, 0.2) is 0 Å². The van der Waals surface area contributed by atoms with Crippen molar-refractivity contribution in [1.82, 2.24) is 15.2 Å². The number of halogens is 2. The van der Waals surface area contributed by atoms with Gasteiger partial charge in [0.2, 0.25) is 0 Å². The zero-order chi connectivity index (χ0) is 20.4. The second-order valence-corrected chi connectivity index (χ2v) is 7.23. The molecule has 146 valence electrons. The number of nitrogens with one attached hydrogen (secondary N) is 1. The number of aromatic nitrogens is 1. The summed E-state index contributed by atoms with van der Waals surface area (Å²) >= 11 is 5.71. The molecule has 2 amide bonds. The molecule has 0 unspecified atom stereocenters. The minimum absolute atomic E-state index is 0.0479. The normalized spacial score (nSPS) is 12.8. The standard InChI is InChI=1S/C22H17ClFN3O2/c23-19-6-3-14(8-20(19)24)12-27-13-17-5-4-16(9-18(17)22(27)29)21(28)26-11-15-2-1-7-25-10-15/h1-10H,11-13H2,(H,26,28). The quantitative estimate of drug-likeness (QED) is 0.693. The predicted octanol–water partition coefficient (Wildman–Crippen LogP) is 3.96. The van der Waals surface area contributed by atoms with E-state index in [2.05, 4.69) is 10.3 Å². The highest BCUT2D eigenvalue weighted by Gasteiger charge is 2.28. The molecule has 1 aliphatic rings. The number of fused-ring (bicyclic) bond motifs is 1. The molecular weight excluding hydrogens is 393 g/mol. The lowest BCUT2D eigenvalue weighted by atomic mass is 10.1. The van der Waals surface area contributed by atoms with E-state index in [4.69, 9.17) is 11.6 Å². The maximum atomic E-state index is 13.7. The first-order valence-corrected chi connectivity index (χ1v) is 9.42. The lowest BCUT2D eigenvalue weighted by Gasteiger charge is -2.15. The molecule has 7 heteroatoms. The monoisotopic (exact) mass is 409 g/mol. The molecule has 0 atom stereocenters. The fourth-order valence-corrected chi connectivity index (χ4v) is 3.39. The van der Waals surface area contributed by atoms with Crippen molar-refractivity contribution in [1.29, 1.82) is 0 Å². The maximum Gasteiger partial charge on any atom is 0.254 e. The Morgan fingerprint density at radius 2 is 2.03 bits per heavy atom. The van der Waals surface area contributed by atoms with Crippen LogP contribution in [0.5, 0.6) is 0 Å². The molecule has 3 aromatic rings. The summed E-state index contributed by atoms with van der Waals surface area (Å²) in [5.41, 5.74) is 3.30. The van der Waals surface area contributed by atoms with Crippen LogP contribution in [0.2, 0.25) is 5.02 Å². The topological polar surface area (TPSA) is 62.3 Å². The van der Waals surface area contributed by atoms with Gasteiger partial charge in [-0.05, 0) is 47.0 Å². The van der Waals surface area contributed by atoms with Crippen LogP contribution in [0, 0.1) is 5.82 Å². The molecule has 1 N–H and O–H groups in total. The molecule has 4 rings (SSSR count). The molecule has 0 saturated carbocycles. The zero-order valence-corrected chi connectivity index (χ0v) is 16.1. The molecule has 29 heavy (non-hydrogen) atoms. The number of pyridine rings is 1. The van der Waals surface area contributed by atoms with Crippen molar-refractivity contribution in [3.05, 3.63) is 99.6 Å². The summed E-state index contributed by atoms with van der Waals surface area (Å²) in [5.74, 6) is -0.958. The third-order valence-electron chi connectivity index (χ3n) is 4.78. The SMILES string of the molecule is O=C(NCc1cccnc1)c1ccc2c(c1)C(=O)N(Cc1ccc(Cl)c(F)c1)C2. The number of benzene rings is 2. The van der Waals surface area contributed by atoms with Crippen molar-refractivity contribution in [2.45, 2.75) is 19.6 Å². The van der Waals surface area contributed by atoms with Crippen LogP contribution in [-0.4, -0.2) is 21.7 Å². The summed E-state index contributed by atoms with van der Waals surface area (Å²) in [6, 6.07) is 13.3. The van der Waals surface area contributed by atoms with E-state index in [1.54, 1.807) is 47.6 Å². The van der Waals surface area contributed by atoms with Crippen LogP contribution in [-0.2, 0) is 19.6 Å². The highest BCUT2D eigenvalue weighted by Crippen LogP contribution is 2.26. The van der Waals surface area contributed by atoms with Gasteiger partial charge in [-0.15, -0.1) is 0 Å². The Hall–Kier alpha value is -3.25. The Morgan fingerprint density at radius 1 is 1.17 bits per heavy atom. The van der Waals surface area contributed by atoms with Gasteiger partial charge in [-0.1, -0.05) is 29.8 Å². The first kappa shape index (κ1) is 19.1. The third-order valence-corrected chi connectivity index (χ3v) is 5.09. The van der Waals surface area contributed by atoms with Crippen molar-refractivity contribution in [3.63, 3.8) is 0 Å². The summed E-state index contributed by atoms with van der Waals surface area (Å²) in [6.45, 7) is 1.03. The molecular formula is C22H17ClFN3O2. The van der Waals surface area contributed by atoms with Crippen molar-refractivity contribution < 1.29 is 14.0 Å². The molecule has 0 fully saturated rings. The zero-order valence-electron chi connectivity index (χ0n) is 15.4. The summed E-state index contributed by atoms with van der Waals surface area (Å²) in [7, 11) is 0. The Bertz CT molecular complexity index is 1090. The number of nitrogens with zero attached hydrogens (tertiary/aromatic N) is 2. The van der Waals surface area contributed by atoms with Crippen LogP contribution in [0.15, 0.2) is 60.9 Å². The van der Waals surface area contributed by atoms with Gasteiger partial charge in [-0.2, -0.15) is 0 Å². The molecule has 0 bridgehead atoms. The summed E-state index contributed by atoms with van der Waals surface area (Å²) in [6.07, 6.45) is 3.35. The second kappa shape index (κ2) is 8.01. The minimum atomic E-state index is -0.513. The number of rotatable bonds is 5. The van der Waals surface area contributed by atoms with E-state index in [9.17, 15) is 14.0 Å². The molecule has 0 saturated heterocycles. The Balaban J connectivity index is 1.45. The fraction of sp³-hybridized carbons (Fsp3) is 0.136. The third kappa shape index (κ3) is 4.12. The molecule has 0 radical (unpaired) electrons. The Labute approximate surface area is 172 Å². The van der Waals surface area contributed by atoms with E-state index in [1.165, 1.54) is 12.1 Å². The van der Waals surface area contributed by atoms with Gasteiger partial charge in [0, 0.05) is 43.2 Å². The van der Waals surface area contributed by atoms with E-state index >= 15 is 0 Å². The van der Waals surface area contributed by atoms with E-state index in [0.717, 1.165) is 11.1 Å². The largest absolute Gasteiger partial charge is 0.348 e. The van der Waals surface area contributed by atoms with Crippen molar-refractivity contribution in [3.8, 4) is 0 Å². The van der Waals surface area contributed by atoms with E-state index in [0.29, 0.717) is 29.8 Å². The number of carbonyl (C=O) groups excluding carboxylic acids is 2. The van der Waals surface area contributed by atoms with Gasteiger partial charge in [0.25, 0.3) is 11.8 Å². The summed E-state index contributed by atoms with van der Waals surface area (Å²) in [5, 5.41) is 2.87. The molecule has 5 nitrogen and oxygen atoms in total. The Kier molecular flexibility index (Phi) is 5.27. The summed E-state index contributed by atoms with van der Waals surface area (Å²) in [4.78, 5) is 30.9. The second-order valence-electron chi connectivity index (χ2n) is 6.83. The lowest BCUT2D eigenvalue weighted by Crippen LogP contribution is -2.24. The fourth-order valence-electron chi connectivity index (χ4n) is 3.28. The average Bonchev–Trinajstić information content (AvgIpc) is 3.04. The lowest BCUT2D eigenvalue weighted by molar-refractivity contribution is 0.0766. The molecule has 0 aliphatic carbocycles. The van der Waals surface area contributed by atoms with Crippen LogP contribution < -0.4 is 5.32 Å². The highest BCUT2D eigenvalue weighted by molar-refractivity contribution is 6.30. The highest BCUT2D eigenvalue weighted by atomic mass is 35.5. The molecule has 1 aliphatic heterocycles. The van der Waals surface area contributed by atoms with Gasteiger partial charge in [0.1, 0.15) is 5.82 Å². The number of amides is 2. The predicted molar refractivity (Wildman–Crippen MR) is 107 cm³/mol. The first-order chi connectivity index (χ1) is 14.0. The van der Waals surface area contributed by atoms with E-state index < -0.39 is 5.82 Å². The first-order valence-electron chi connectivity index (χ1n) is 9.04. The minimum Gasteiger partial charge on any atom is -0.348 e. The number of hydrogen-bond acceptors (Lipinski definition) is 3. The van der Waals surface area contributed by atoms with Crippen molar-refractivity contribution in [2.75, 3.05) is 0 Å². The van der Waals surface area contributed by atoms with Crippen LogP contribution in [0.4, 0.5) is 4.39 Å². The van der Waals surface area contributed by atoms with Crippen molar-refractivity contribution >= 4 is 23.4 Å². The van der Waals surface area contributed by atoms with Crippen molar-refractivity contribution in [2.24, 2.45) is 0 Å². The van der Waals surface area contributed by atoms with Crippen LogP contribution in [0.25, 0.3) is 0 Å². The van der Waals surface area contributed by atoms with Gasteiger partial charge in [-0.3, -0.25) is 14.6 Å². The van der Waals surface area contributed by atoms with Gasteiger partial charge in [0.05, 0.1) is 5.02 Å². The number of carbonyl (C=O) groups is 2. The molecule has 2 heterocycles. The van der Waals surface area contributed by atoms with Crippen LogP contribution >= 0.6 is 11.6 Å². The average molecular weight is 410 g/mol. The molecule has 1 aromatic heterocycles. The molecule has 0 spiro atoms. The number of hydrogen-bond donors (Lipinski definition) is 1. The van der Waals surface area contributed by atoms with Gasteiger partial charge >= 0.3 is 0 Å². The van der Waals surface area contributed by atoms with Crippen LogP contribution in [0.3, 0.4) is 0 Å². The Morgan fingerprint density at radius 3 is 2.79 bits per heavy atom. The van der Waals surface area contributed by atoms with Gasteiger partial charge in [-0.25, -0.2) is 4.39 Å². The van der Waals surface area contributed by atoms with Crippen LogP contribution in [0.1, 0.15) is 37.4 Å². The van der Waals surface area contributed by atoms with Gasteiger partial charge < -0.3 is 10.2 Å². The maximum absolute atomic E-state index is 13.7. The summed E-state index contributed by atoms with van der Waals surface area (Å²) < 4.78 is 13.7. The smallest absolute Gasteiger partial charge is 0.254 e. The molecule has 2 aromatic carbocycles.